The van der Waals surface area contributed by atoms with E-state index in [9.17, 15) is 9.59 Å². The minimum atomic E-state index is -0.168. The number of nitrogens with one attached hydrogen (secondary N) is 2. The molecule has 5 heteroatoms. The van der Waals surface area contributed by atoms with Gasteiger partial charge in [-0.3, -0.25) is 9.59 Å². The van der Waals surface area contributed by atoms with Gasteiger partial charge in [-0.05, 0) is 48.5 Å². The molecule has 29 heavy (non-hydrogen) atoms. The molecule has 1 aliphatic heterocycles. The van der Waals surface area contributed by atoms with Crippen molar-refractivity contribution in [3.63, 3.8) is 0 Å². The van der Waals surface area contributed by atoms with Crippen molar-refractivity contribution in [1.82, 2.24) is 5.32 Å². The Bertz CT molecular complexity index is 977. The van der Waals surface area contributed by atoms with Crippen LogP contribution in [-0.2, 0) is 0 Å². The second-order valence-corrected chi connectivity index (χ2v) is 7.01. The molecular formula is C24H23N3O2. The summed E-state index contributed by atoms with van der Waals surface area (Å²) in [5.41, 5.74) is 3.63. The van der Waals surface area contributed by atoms with Crippen LogP contribution in [0.3, 0.4) is 0 Å². The van der Waals surface area contributed by atoms with Crippen molar-refractivity contribution >= 4 is 23.1 Å². The third kappa shape index (κ3) is 4.52. The lowest BCUT2D eigenvalue weighted by Crippen LogP contribution is -2.43. The fourth-order valence-electron chi connectivity index (χ4n) is 3.41. The SMILES string of the molecule is O=C(Nc1ccc(C(=O)c2ccccc2)cc1)c1ccc(N2CCNCC2)cc1. The predicted octanol–water partition coefficient (Wildman–Crippen LogP) is 3.58. The molecule has 0 spiro atoms. The summed E-state index contributed by atoms with van der Waals surface area (Å²) in [6.07, 6.45) is 0. The van der Waals surface area contributed by atoms with E-state index >= 15 is 0 Å². The summed E-state index contributed by atoms with van der Waals surface area (Å²) in [6.45, 7) is 3.90. The Morgan fingerprint density at radius 3 is 1.97 bits per heavy atom. The van der Waals surface area contributed by atoms with E-state index in [0.717, 1.165) is 31.9 Å². The topological polar surface area (TPSA) is 61.4 Å². The highest BCUT2D eigenvalue weighted by atomic mass is 16.1. The second-order valence-electron chi connectivity index (χ2n) is 7.01. The highest BCUT2D eigenvalue weighted by Crippen LogP contribution is 2.18. The van der Waals surface area contributed by atoms with Gasteiger partial charge < -0.3 is 15.5 Å². The number of carbonyl (C=O) groups excluding carboxylic acids is 2. The molecule has 0 radical (unpaired) electrons. The molecule has 0 atom stereocenters. The van der Waals surface area contributed by atoms with Gasteiger partial charge in [-0.2, -0.15) is 0 Å². The van der Waals surface area contributed by atoms with E-state index in [1.165, 1.54) is 0 Å². The van der Waals surface area contributed by atoms with Crippen molar-refractivity contribution in [2.75, 3.05) is 36.4 Å². The molecule has 5 nitrogen and oxygen atoms in total. The second kappa shape index (κ2) is 8.71. The van der Waals surface area contributed by atoms with E-state index in [0.29, 0.717) is 22.4 Å². The summed E-state index contributed by atoms with van der Waals surface area (Å²) >= 11 is 0. The molecule has 3 aromatic carbocycles. The molecule has 1 fully saturated rings. The number of benzene rings is 3. The number of anilines is 2. The Hall–Kier alpha value is -3.44. The largest absolute Gasteiger partial charge is 0.369 e. The Balaban J connectivity index is 1.40. The number of hydrogen-bond acceptors (Lipinski definition) is 4. The molecule has 1 aliphatic rings. The van der Waals surface area contributed by atoms with Crippen molar-refractivity contribution in [2.24, 2.45) is 0 Å². The van der Waals surface area contributed by atoms with Crippen molar-refractivity contribution < 1.29 is 9.59 Å². The Morgan fingerprint density at radius 2 is 1.31 bits per heavy atom. The fraction of sp³-hybridized carbons (Fsp3) is 0.167. The lowest BCUT2D eigenvalue weighted by Gasteiger charge is -2.29. The zero-order valence-corrected chi connectivity index (χ0v) is 16.1. The molecule has 2 N–H and O–H groups in total. The molecule has 0 aromatic heterocycles. The van der Waals surface area contributed by atoms with Crippen LogP contribution in [0.25, 0.3) is 0 Å². The third-order valence-electron chi connectivity index (χ3n) is 5.05. The van der Waals surface area contributed by atoms with Gasteiger partial charge >= 0.3 is 0 Å². The van der Waals surface area contributed by atoms with Crippen LogP contribution in [0, 0.1) is 0 Å². The van der Waals surface area contributed by atoms with Crippen LogP contribution in [0.4, 0.5) is 11.4 Å². The average molecular weight is 385 g/mol. The normalized spacial score (nSPS) is 13.7. The maximum atomic E-state index is 12.5. The molecule has 0 bridgehead atoms. The van der Waals surface area contributed by atoms with Crippen LogP contribution >= 0.6 is 0 Å². The number of carbonyl (C=O) groups is 2. The number of nitrogens with zero attached hydrogens (tertiary/aromatic N) is 1. The third-order valence-corrected chi connectivity index (χ3v) is 5.05. The van der Waals surface area contributed by atoms with Gasteiger partial charge in [0.15, 0.2) is 5.78 Å². The van der Waals surface area contributed by atoms with Crippen LogP contribution in [0.15, 0.2) is 78.9 Å². The van der Waals surface area contributed by atoms with Crippen LogP contribution in [-0.4, -0.2) is 37.9 Å². The quantitative estimate of drug-likeness (QED) is 0.659. The summed E-state index contributed by atoms with van der Waals surface area (Å²) in [5.74, 6) is -0.203. The standard InChI is InChI=1S/C24H23N3O2/c28-23(18-4-2-1-3-5-18)19-6-10-21(11-7-19)26-24(29)20-8-12-22(13-9-20)27-16-14-25-15-17-27/h1-13,25H,14-17H2,(H,26,29). The van der Waals surface area contributed by atoms with Gasteiger partial charge in [-0.25, -0.2) is 0 Å². The molecule has 3 aromatic rings. The first-order valence-corrected chi connectivity index (χ1v) is 9.77. The van der Waals surface area contributed by atoms with E-state index in [1.54, 1.807) is 36.4 Å². The molecule has 0 aliphatic carbocycles. The van der Waals surface area contributed by atoms with Gasteiger partial charge in [-0.1, -0.05) is 30.3 Å². The first kappa shape index (κ1) is 18.9. The van der Waals surface area contributed by atoms with Crippen molar-refractivity contribution in [3.05, 3.63) is 95.6 Å². The van der Waals surface area contributed by atoms with Gasteiger partial charge in [0.1, 0.15) is 0 Å². The highest BCUT2D eigenvalue weighted by molar-refractivity contribution is 6.09. The van der Waals surface area contributed by atoms with Crippen molar-refractivity contribution in [1.29, 1.82) is 0 Å². The zero-order valence-electron chi connectivity index (χ0n) is 16.1. The molecule has 146 valence electrons. The first-order valence-electron chi connectivity index (χ1n) is 9.77. The molecule has 4 rings (SSSR count). The highest BCUT2D eigenvalue weighted by Gasteiger charge is 2.12. The molecular weight excluding hydrogens is 362 g/mol. The first-order chi connectivity index (χ1) is 14.2. The fourth-order valence-corrected chi connectivity index (χ4v) is 3.41. The maximum absolute atomic E-state index is 12.5. The summed E-state index contributed by atoms with van der Waals surface area (Å²) < 4.78 is 0. The van der Waals surface area contributed by atoms with E-state index < -0.39 is 0 Å². The summed E-state index contributed by atoms with van der Waals surface area (Å²) in [7, 11) is 0. The van der Waals surface area contributed by atoms with Crippen LogP contribution in [0.5, 0.6) is 0 Å². The van der Waals surface area contributed by atoms with Crippen molar-refractivity contribution in [2.45, 2.75) is 0 Å². The molecule has 1 saturated heterocycles. The minimum Gasteiger partial charge on any atom is -0.369 e. The molecule has 1 amide bonds. The Labute approximate surface area is 170 Å². The minimum absolute atomic E-state index is 0.0352. The predicted molar refractivity (Wildman–Crippen MR) is 116 cm³/mol. The van der Waals surface area contributed by atoms with Gasteiger partial charge in [0, 0.05) is 54.2 Å². The summed E-state index contributed by atoms with van der Waals surface area (Å²) in [4.78, 5) is 27.3. The number of amides is 1. The summed E-state index contributed by atoms with van der Waals surface area (Å²) in [6, 6.07) is 23.8. The number of piperazine rings is 1. The number of ketones is 1. The van der Waals surface area contributed by atoms with Gasteiger partial charge in [-0.15, -0.1) is 0 Å². The summed E-state index contributed by atoms with van der Waals surface area (Å²) in [5, 5.41) is 6.22. The average Bonchev–Trinajstić information content (AvgIpc) is 2.80. The Kier molecular flexibility index (Phi) is 5.68. The lowest BCUT2D eigenvalue weighted by atomic mass is 10.0. The zero-order chi connectivity index (χ0) is 20.1. The van der Waals surface area contributed by atoms with Crippen LogP contribution < -0.4 is 15.5 Å². The van der Waals surface area contributed by atoms with Gasteiger partial charge in [0.2, 0.25) is 0 Å². The van der Waals surface area contributed by atoms with Crippen molar-refractivity contribution in [3.8, 4) is 0 Å². The molecule has 1 heterocycles. The van der Waals surface area contributed by atoms with E-state index in [-0.39, 0.29) is 11.7 Å². The van der Waals surface area contributed by atoms with E-state index in [2.05, 4.69) is 15.5 Å². The van der Waals surface area contributed by atoms with Crippen LogP contribution in [0.1, 0.15) is 26.3 Å². The smallest absolute Gasteiger partial charge is 0.255 e. The van der Waals surface area contributed by atoms with E-state index in [4.69, 9.17) is 0 Å². The van der Waals surface area contributed by atoms with Crippen LogP contribution in [0.2, 0.25) is 0 Å². The lowest BCUT2D eigenvalue weighted by molar-refractivity contribution is 0.102. The molecule has 0 unspecified atom stereocenters. The van der Waals surface area contributed by atoms with E-state index in [1.807, 2.05) is 42.5 Å². The monoisotopic (exact) mass is 385 g/mol. The van der Waals surface area contributed by atoms with Gasteiger partial charge in [0.05, 0.1) is 0 Å². The number of hydrogen-bond donors (Lipinski definition) is 2. The maximum Gasteiger partial charge on any atom is 0.255 e. The molecule has 0 saturated carbocycles. The Morgan fingerprint density at radius 1 is 0.724 bits per heavy atom. The van der Waals surface area contributed by atoms with Gasteiger partial charge in [0.25, 0.3) is 5.91 Å². The number of rotatable bonds is 5.